The van der Waals surface area contributed by atoms with Gasteiger partial charge in [0.05, 0.1) is 30.8 Å². The molecule has 1 spiro atoms. The lowest BCUT2D eigenvalue weighted by molar-refractivity contribution is -0.160. The summed E-state index contributed by atoms with van der Waals surface area (Å²) in [5, 5.41) is 12.5. The van der Waals surface area contributed by atoms with Crippen LogP contribution in [0.1, 0.15) is 47.0 Å². The highest BCUT2D eigenvalue weighted by Crippen LogP contribution is 2.64. The fourth-order valence-corrected chi connectivity index (χ4v) is 7.39. The number of benzene rings is 2. The van der Waals surface area contributed by atoms with Crippen LogP contribution in [0.3, 0.4) is 0 Å². The maximum absolute atomic E-state index is 14.8. The lowest BCUT2D eigenvalue weighted by atomic mass is 9.66. The largest absolute Gasteiger partial charge is 0.466 e. The fourth-order valence-electron chi connectivity index (χ4n) is 7.39. The number of carbonyl (C=O) groups is 3. The minimum atomic E-state index is -1.19. The molecule has 214 valence electrons. The molecule has 2 amide bonds. The maximum atomic E-state index is 14.8. The SMILES string of the molecule is C=CCN(C(=O)C1N([C@@H](CO)CC(C)C)C(=O)[C@@H]2[C@H](C(=O)OCC)[C@]3(C)CCC12O3)c1ccc2ccccc2c1. The number of anilines is 1. The lowest BCUT2D eigenvalue weighted by Crippen LogP contribution is -2.59. The van der Waals surface area contributed by atoms with Crippen molar-refractivity contribution in [3.05, 3.63) is 55.1 Å². The number of carbonyl (C=O) groups excluding carboxylic acids is 3. The molecule has 1 N–H and O–H groups in total. The Morgan fingerprint density at radius 3 is 2.60 bits per heavy atom. The standard InChI is InChI=1S/C32H40N2O6/c1-6-16-33(23-13-12-21-10-8-9-11-22(21)18-23)29(37)27-32-15-14-31(5,40-32)26(30(38)39-7-2)25(32)28(36)34(27)24(19-35)17-20(3)4/h6,8-13,18,20,24-27,35H,1,7,14-17,19H2,2-5H3/t24-,25+,26-,27?,31+,32?/m1/s1. The monoisotopic (exact) mass is 548 g/mol. The summed E-state index contributed by atoms with van der Waals surface area (Å²) in [5.41, 5.74) is -1.42. The third kappa shape index (κ3) is 4.32. The van der Waals surface area contributed by atoms with Crippen molar-refractivity contribution in [1.82, 2.24) is 4.90 Å². The van der Waals surface area contributed by atoms with E-state index in [1.807, 2.05) is 63.2 Å². The number of amides is 2. The number of aliphatic hydroxyl groups is 1. The van der Waals surface area contributed by atoms with Gasteiger partial charge in [-0.05, 0) is 61.9 Å². The molecular formula is C32H40N2O6. The highest BCUT2D eigenvalue weighted by Gasteiger charge is 2.79. The predicted octanol–water partition coefficient (Wildman–Crippen LogP) is 4.09. The maximum Gasteiger partial charge on any atom is 0.312 e. The average molecular weight is 549 g/mol. The molecule has 3 heterocycles. The van der Waals surface area contributed by atoms with E-state index in [0.717, 1.165) is 10.8 Å². The van der Waals surface area contributed by atoms with Gasteiger partial charge in [0.1, 0.15) is 17.6 Å². The van der Waals surface area contributed by atoms with Crippen molar-refractivity contribution in [2.75, 3.05) is 24.7 Å². The van der Waals surface area contributed by atoms with Crippen molar-refractivity contribution >= 4 is 34.2 Å². The van der Waals surface area contributed by atoms with Gasteiger partial charge in [-0.3, -0.25) is 14.4 Å². The Morgan fingerprint density at radius 1 is 1.23 bits per heavy atom. The van der Waals surface area contributed by atoms with Gasteiger partial charge < -0.3 is 24.4 Å². The molecule has 6 atom stereocenters. The molecule has 0 radical (unpaired) electrons. The molecule has 2 unspecified atom stereocenters. The number of ether oxygens (including phenoxy) is 2. The molecule has 0 aliphatic carbocycles. The molecule has 8 nitrogen and oxygen atoms in total. The van der Waals surface area contributed by atoms with E-state index in [1.54, 1.807) is 22.8 Å². The molecule has 2 aromatic carbocycles. The van der Waals surface area contributed by atoms with Gasteiger partial charge in [-0.1, -0.05) is 50.3 Å². The summed E-state index contributed by atoms with van der Waals surface area (Å²) in [6.07, 6.45) is 3.16. The van der Waals surface area contributed by atoms with Crippen molar-refractivity contribution in [2.45, 2.75) is 70.2 Å². The van der Waals surface area contributed by atoms with Crippen LogP contribution in [0.25, 0.3) is 10.8 Å². The van der Waals surface area contributed by atoms with Crippen LogP contribution in [0.15, 0.2) is 55.1 Å². The number of fused-ring (bicyclic) bond motifs is 2. The highest BCUT2D eigenvalue weighted by atomic mass is 16.6. The van der Waals surface area contributed by atoms with E-state index in [9.17, 15) is 19.5 Å². The first-order valence-corrected chi connectivity index (χ1v) is 14.3. The molecule has 3 fully saturated rings. The second-order valence-electron chi connectivity index (χ2n) is 12.0. The van der Waals surface area contributed by atoms with Crippen molar-refractivity contribution < 1.29 is 29.0 Å². The first-order chi connectivity index (χ1) is 19.1. The van der Waals surface area contributed by atoms with Gasteiger partial charge in [-0.2, -0.15) is 0 Å². The molecule has 0 aromatic heterocycles. The van der Waals surface area contributed by atoms with Gasteiger partial charge in [0, 0.05) is 12.2 Å². The number of likely N-dealkylation sites (tertiary alicyclic amines) is 1. The summed E-state index contributed by atoms with van der Waals surface area (Å²) in [5.74, 6) is -2.61. The molecule has 40 heavy (non-hydrogen) atoms. The van der Waals surface area contributed by atoms with E-state index >= 15 is 0 Å². The van der Waals surface area contributed by atoms with Crippen LogP contribution in [0.5, 0.6) is 0 Å². The smallest absolute Gasteiger partial charge is 0.312 e. The van der Waals surface area contributed by atoms with Crippen LogP contribution in [0.2, 0.25) is 0 Å². The molecule has 8 heteroatoms. The Hall–Kier alpha value is -3.23. The van der Waals surface area contributed by atoms with Crippen LogP contribution >= 0.6 is 0 Å². The van der Waals surface area contributed by atoms with Gasteiger partial charge in [0.2, 0.25) is 5.91 Å². The van der Waals surface area contributed by atoms with E-state index in [-0.39, 0.29) is 37.5 Å². The summed E-state index contributed by atoms with van der Waals surface area (Å²) < 4.78 is 12.1. The Kier molecular flexibility index (Phi) is 7.52. The van der Waals surface area contributed by atoms with Crippen molar-refractivity contribution in [3.8, 4) is 0 Å². The summed E-state index contributed by atoms with van der Waals surface area (Å²) in [4.78, 5) is 45.6. The second kappa shape index (κ2) is 10.6. The zero-order valence-corrected chi connectivity index (χ0v) is 23.8. The molecule has 3 aliphatic rings. The Balaban J connectivity index is 1.64. The van der Waals surface area contributed by atoms with Crippen LogP contribution in [-0.4, -0.2) is 70.8 Å². The molecule has 2 aromatic rings. The number of rotatable bonds is 10. The molecule has 3 saturated heterocycles. The quantitative estimate of drug-likeness (QED) is 0.355. The van der Waals surface area contributed by atoms with Crippen molar-refractivity contribution in [2.24, 2.45) is 17.8 Å². The van der Waals surface area contributed by atoms with E-state index in [2.05, 4.69) is 6.58 Å². The van der Waals surface area contributed by atoms with Crippen LogP contribution in [0.4, 0.5) is 5.69 Å². The van der Waals surface area contributed by atoms with E-state index in [4.69, 9.17) is 9.47 Å². The van der Waals surface area contributed by atoms with E-state index in [0.29, 0.717) is 24.9 Å². The number of esters is 1. The number of nitrogens with zero attached hydrogens (tertiary/aromatic N) is 2. The van der Waals surface area contributed by atoms with Gasteiger partial charge in [-0.25, -0.2) is 0 Å². The Bertz CT molecular complexity index is 1330. The minimum Gasteiger partial charge on any atom is -0.466 e. The topological polar surface area (TPSA) is 96.4 Å². The summed E-state index contributed by atoms with van der Waals surface area (Å²) in [6, 6.07) is 12.1. The van der Waals surface area contributed by atoms with E-state index in [1.165, 1.54) is 0 Å². The third-order valence-electron chi connectivity index (χ3n) is 8.96. The third-order valence-corrected chi connectivity index (χ3v) is 8.96. The van der Waals surface area contributed by atoms with Gasteiger partial charge >= 0.3 is 5.97 Å². The Labute approximate surface area is 235 Å². The minimum absolute atomic E-state index is 0.166. The van der Waals surface area contributed by atoms with Gasteiger partial charge in [-0.15, -0.1) is 6.58 Å². The van der Waals surface area contributed by atoms with Crippen molar-refractivity contribution in [3.63, 3.8) is 0 Å². The molecule has 0 saturated carbocycles. The van der Waals surface area contributed by atoms with E-state index < -0.39 is 41.1 Å². The number of hydrogen-bond acceptors (Lipinski definition) is 6. The molecule has 2 bridgehead atoms. The molecular weight excluding hydrogens is 508 g/mol. The fraction of sp³-hybridized carbons (Fsp3) is 0.531. The second-order valence-corrected chi connectivity index (χ2v) is 12.0. The predicted molar refractivity (Wildman–Crippen MR) is 153 cm³/mol. The summed E-state index contributed by atoms with van der Waals surface area (Å²) in [6.45, 7) is 11.6. The number of aliphatic hydroxyl groups excluding tert-OH is 1. The normalized spacial score (nSPS) is 29.6. The molecule has 5 rings (SSSR count). The van der Waals surface area contributed by atoms with Crippen LogP contribution < -0.4 is 4.90 Å². The molecule has 3 aliphatic heterocycles. The summed E-state index contributed by atoms with van der Waals surface area (Å²) >= 11 is 0. The first-order valence-electron chi connectivity index (χ1n) is 14.3. The highest BCUT2D eigenvalue weighted by molar-refractivity contribution is 6.05. The van der Waals surface area contributed by atoms with Crippen LogP contribution in [0, 0.1) is 17.8 Å². The van der Waals surface area contributed by atoms with Gasteiger partial charge in [0.15, 0.2) is 0 Å². The summed E-state index contributed by atoms with van der Waals surface area (Å²) in [7, 11) is 0. The van der Waals surface area contributed by atoms with Crippen LogP contribution in [-0.2, 0) is 23.9 Å². The average Bonchev–Trinajstić information content (AvgIpc) is 3.50. The lowest BCUT2D eigenvalue weighted by Gasteiger charge is -2.40. The first kappa shape index (κ1) is 28.3. The number of hydrogen-bond donors (Lipinski definition) is 1. The zero-order valence-electron chi connectivity index (χ0n) is 23.8. The van der Waals surface area contributed by atoms with Gasteiger partial charge in [0.25, 0.3) is 5.91 Å². The van der Waals surface area contributed by atoms with Crippen molar-refractivity contribution in [1.29, 1.82) is 0 Å². The Morgan fingerprint density at radius 2 is 1.95 bits per heavy atom. The zero-order chi connectivity index (χ0) is 28.8.